The summed E-state index contributed by atoms with van der Waals surface area (Å²) in [4.78, 5) is 21.8. The summed E-state index contributed by atoms with van der Waals surface area (Å²) in [5.41, 5.74) is 0.250. The van der Waals surface area contributed by atoms with E-state index in [-0.39, 0.29) is 17.9 Å². The zero-order chi connectivity index (χ0) is 11.0. The van der Waals surface area contributed by atoms with Crippen molar-refractivity contribution in [1.29, 1.82) is 0 Å². The molecular formula is C9H9NO5. The molecule has 0 aromatic carbocycles. The summed E-state index contributed by atoms with van der Waals surface area (Å²) in [7, 11) is 0. The highest BCUT2D eigenvalue weighted by Crippen LogP contribution is 2.20. The van der Waals surface area contributed by atoms with Crippen LogP contribution >= 0.6 is 0 Å². The number of hydrogen-bond donors (Lipinski definition) is 2. The van der Waals surface area contributed by atoms with Crippen molar-refractivity contribution < 1.29 is 24.5 Å². The fraction of sp³-hybridized carbons (Fsp3) is 0.333. The third kappa shape index (κ3) is 1.48. The van der Waals surface area contributed by atoms with Crippen molar-refractivity contribution in [3.63, 3.8) is 0 Å². The third-order valence-electron chi connectivity index (χ3n) is 2.32. The molecule has 1 aliphatic heterocycles. The van der Waals surface area contributed by atoms with Gasteiger partial charge in [0, 0.05) is 12.2 Å². The molecule has 6 heteroatoms. The molecule has 0 spiro atoms. The number of aromatic nitrogens is 1. The van der Waals surface area contributed by atoms with Crippen LogP contribution < -0.4 is 0 Å². The molecule has 2 heterocycles. The van der Waals surface area contributed by atoms with Crippen molar-refractivity contribution in [2.24, 2.45) is 0 Å². The van der Waals surface area contributed by atoms with E-state index in [4.69, 9.17) is 14.9 Å². The van der Waals surface area contributed by atoms with Crippen LogP contribution in [0.25, 0.3) is 0 Å². The molecule has 0 unspecified atom stereocenters. The van der Waals surface area contributed by atoms with Crippen LogP contribution in [0.2, 0.25) is 0 Å². The molecule has 0 aliphatic carbocycles. The number of carboxylic acid groups (broad SMARTS) is 2. The normalized spacial score (nSPS) is 14.7. The van der Waals surface area contributed by atoms with Gasteiger partial charge in [0.25, 0.3) is 0 Å². The number of carbonyl (C=O) groups is 2. The molecule has 2 N–H and O–H groups in total. The summed E-state index contributed by atoms with van der Waals surface area (Å²) < 4.78 is 6.60. The predicted octanol–water partition coefficient (Wildman–Crippen LogP) is 0.415. The van der Waals surface area contributed by atoms with Gasteiger partial charge in [-0.25, -0.2) is 9.59 Å². The van der Waals surface area contributed by atoms with Crippen LogP contribution in [-0.4, -0.2) is 33.3 Å². The van der Waals surface area contributed by atoms with E-state index in [0.29, 0.717) is 18.8 Å². The monoisotopic (exact) mass is 211 g/mol. The molecule has 1 aliphatic rings. The zero-order valence-corrected chi connectivity index (χ0v) is 7.77. The van der Waals surface area contributed by atoms with Gasteiger partial charge in [0.05, 0.1) is 18.8 Å². The molecule has 80 valence electrons. The van der Waals surface area contributed by atoms with Crippen LogP contribution in [0.3, 0.4) is 0 Å². The van der Waals surface area contributed by atoms with Crippen LogP contribution in [0.15, 0.2) is 6.07 Å². The van der Waals surface area contributed by atoms with Crippen LogP contribution in [0.4, 0.5) is 0 Å². The Morgan fingerprint density at radius 3 is 2.67 bits per heavy atom. The Morgan fingerprint density at radius 1 is 1.33 bits per heavy atom. The summed E-state index contributed by atoms with van der Waals surface area (Å²) in [6.07, 6.45) is 0. The Hall–Kier alpha value is -1.82. The SMILES string of the molecule is O=C(O)c1cc2n(c1C(=O)O)CCOC2. The molecule has 0 fully saturated rings. The Kier molecular flexibility index (Phi) is 2.20. The molecule has 0 saturated heterocycles. The second-order valence-corrected chi connectivity index (χ2v) is 3.21. The van der Waals surface area contributed by atoms with E-state index >= 15 is 0 Å². The molecule has 1 aromatic rings. The number of nitrogens with zero attached hydrogens (tertiary/aromatic N) is 1. The highest BCUT2D eigenvalue weighted by atomic mass is 16.5. The van der Waals surface area contributed by atoms with Crippen LogP contribution in [0.5, 0.6) is 0 Å². The lowest BCUT2D eigenvalue weighted by molar-refractivity contribution is 0.0620. The highest BCUT2D eigenvalue weighted by molar-refractivity contribution is 6.01. The second-order valence-electron chi connectivity index (χ2n) is 3.21. The largest absolute Gasteiger partial charge is 0.478 e. The van der Waals surface area contributed by atoms with Crippen molar-refractivity contribution in [3.05, 3.63) is 23.0 Å². The van der Waals surface area contributed by atoms with Crippen molar-refractivity contribution >= 4 is 11.9 Å². The molecular weight excluding hydrogens is 202 g/mol. The fourth-order valence-electron chi connectivity index (χ4n) is 1.70. The average molecular weight is 211 g/mol. The van der Waals surface area contributed by atoms with E-state index in [2.05, 4.69) is 0 Å². The van der Waals surface area contributed by atoms with E-state index in [1.165, 1.54) is 10.6 Å². The van der Waals surface area contributed by atoms with Gasteiger partial charge in [0.2, 0.25) is 0 Å². The molecule has 2 rings (SSSR count). The van der Waals surface area contributed by atoms with Gasteiger partial charge >= 0.3 is 11.9 Å². The zero-order valence-electron chi connectivity index (χ0n) is 7.77. The summed E-state index contributed by atoms with van der Waals surface area (Å²) in [5, 5.41) is 17.8. The second kappa shape index (κ2) is 3.39. The van der Waals surface area contributed by atoms with E-state index in [0.717, 1.165) is 0 Å². The van der Waals surface area contributed by atoms with E-state index in [1.807, 2.05) is 0 Å². The van der Waals surface area contributed by atoms with E-state index in [9.17, 15) is 9.59 Å². The topological polar surface area (TPSA) is 88.8 Å². The van der Waals surface area contributed by atoms with Crippen LogP contribution in [0.1, 0.15) is 26.5 Å². The quantitative estimate of drug-likeness (QED) is 0.739. The van der Waals surface area contributed by atoms with E-state index < -0.39 is 11.9 Å². The maximum Gasteiger partial charge on any atom is 0.353 e. The summed E-state index contributed by atoms with van der Waals surface area (Å²) in [6, 6.07) is 1.35. The van der Waals surface area contributed by atoms with Crippen molar-refractivity contribution in [1.82, 2.24) is 4.57 Å². The smallest absolute Gasteiger partial charge is 0.353 e. The first kappa shape index (κ1) is 9.72. The maximum absolute atomic E-state index is 10.9. The average Bonchev–Trinajstić information content (AvgIpc) is 2.56. The Morgan fingerprint density at radius 2 is 2.07 bits per heavy atom. The molecule has 0 radical (unpaired) electrons. The Bertz CT molecular complexity index is 434. The standard InChI is InChI=1S/C9H9NO5/c11-8(12)6-3-5-4-15-2-1-10(5)7(6)9(13)14/h3H,1-2,4H2,(H,11,12)(H,13,14). The van der Waals surface area contributed by atoms with Crippen LogP contribution in [0, 0.1) is 0 Å². The highest BCUT2D eigenvalue weighted by Gasteiger charge is 2.26. The van der Waals surface area contributed by atoms with Crippen molar-refractivity contribution in [2.75, 3.05) is 6.61 Å². The minimum absolute atomic E-state index is 0.166. The van der Waals surface area contributed by atoms with Gasteiger partial charge in [-0.2, -0.15) is 0 Å². The third-order valence-corrected chi connectivity index (χ3v) is 2.32. The fourth-order valence-corrected chi connectivity index (χ4v) is 1.70. The molecule has 0 atom stereocenters. The number of carboxylic acids is 2. The van der Waals surface area contributed by atoms with Crippen molar-refractivity contribution in [3.8, 4) is 0 Å². The number of fused-ring (bicyclic) bond motifs is 1. The first-order valence-corrected chi connectivity index (χ1v) is 4.38. The number of aromatic carboxylic acids is 2. The van der Waals surface area contributed by atoms with Gasteiger partial charge in [0.1, 0.15) is 5.69 Å². The molecule has 0 amide bonds. The molecule has 0 saturated carbocycles. The molecule has 6 nitrogen and oxygen atoms in total. The molecule has 15 heavy (non-hydrogen) atoms. The van der Waals surface area contributed by atoms with Crippen molar-refractivity contribution in [2.45, 2.75) is 13.2 Å². The lowest BCUT2D eigenvalue weighted by atomic mass is 10.2. The maximum atomic E-state index is 10.9. The number of ether oxygens (including phenoxy) is 1. The van der Waals surface area contributed by atoms with E-state index in [1.54, 1.807) is 0 Å². The Balaban J connectivity index is 2.61. The number of hydrogen-bond acceptors (Lipinski definition) is 3. The number of rotatable bonds is 2. The van der Waals surface area contributed by atoms with Gasteiger partial charge in [0.15, 0.2) is 0 Å². The van der Waals surface area contributed by atoms with Gasteiger partial charge in [-0.3, -0.25) is 0 Å². The predicted molar refractivity (Wildman–Crippen MR) is 48.0 cm³/mol. The van der Waals surface area contributed by atoms with Gasteiger partial charge in [-0.1, -0.05) is 0 Å². The molecule has 1 aromatic heterocycles. The summed E-state index contributed by atoms with van der Waals surface area (Å²) in [6.45, 7) is 1.04. The summed E-state index contributed by atoms with van der Waals surface area (Å²) in [5.74, 6) is -2.45. The minimum atomic E-state index is -1.23. The first-order valence-electron chi connectivity index (χ1n) is 4.38. The minimum Gasteiger partial charge on any atom is -0.478 e. The van der Waals surface area contributed by atoms with Gasteiger partial charge < -0.3 is 19.5 Å². The Labute approximate surface area is 84.7 Å². The van der Waals surface area contributed by atoms with Gasteiger partial charge in [-0.15, -0.1) is 0 Å². The van der Waals surface area contributed by atoms with Crippen LogP contribution in [-0.2, 0) is 17.9 Å². The first-order chi connectivity index (χ1) is 7.11. The lowest BCUT2D eigenvalue weighted by Gasteiger charge is -2.16. The molecule has 0 bridgehead atoms. The van der Waals surface area contributed by atoms with Gasteiger partial charge in [-0.05, 0) is 6.07 Å². The lowest BCUT2D eigenvalue weighted by Crippen LogP contribution is -2.20. The summed E-state index contributed by atoms with van der Waals surface area (Å²) >= 11 is 0.